The summed E-state index contributed by atoms with van der Waals surface area (Å²) in [4.78, 5) is 0. The van der Waals surface area contributed by atoms with Crippen molar-refractivity contribution in [3.8, 4) is 11.5 Å². The Morgan fingerprint density at radius 2 is 1.65 bits per heavy atom. The van der Waals surface area contributed by atoms with Gasteiger partial charge in [-0.05, 0) is 54.5 Å². The predicted octanol–water partition coefficient (Wildman–Crippen LogP) is 3.12. The summed E-state index contributed by atoms with van der Waals surface area (Å²) in [5.74, 6) is 2.05. The lowest BCUT2D eigenvalue weighted by Crippen LogP contribution is -2.23. The van der Waals surface area contributed by atoms with Crippen molar-refractivity contribution >= 4 is 15.9 Å². The highest BCUT2D eigenvalue weighted by Gasteiger charge is 2.49. The summed E-state index contributed by atoms with van der Waals surface area (Å²) in [6, 6.07) is 0. The van der Waals surface area contributed by atoms with Gasteiger partial charge in [-0.25, -0.2) is 0 Å². The summed E-state index contributed by atoms with van der Waals surface area (Å²) >= 11 is 3.73. The normalized spacial score (nSPS) is 22.3. The minimum absolute atomic E-state index is 0.0626. The summed E-state index contributed by atoms with van der Waals surface area (Å²) in [5, 5.41) is 9.87. The van der Waals surface area contributed by atoms with Crippen LogP contribution in [0.3, 0.4) is 0 Å². The molecule has 3 aliphatic rings. The zero-order chi connectivity index (χ0) is 13.7. The average Bonchev–Trinajstić information content (AvgIpc) is 3.29. The fraction of sp³-hybridized carbons (Fsp3) is 0.625. The molecule has 2 heterocycles. The SMILES string of the molecule is OCC1(c2c3c(c(Br)c4c2OCCC4)OCCC3)CC1. The largest absolute Gasteiger partial charge is 0.493 e. The number of aliphatic hydroxyl groups is 1. The minimum Gasteiger partial charge on any atom is -0.493 e. The number of halogens is 1. The average molecular weight is 339 g/mol. The topological polar surface area (TPSA) is 38.7 Å². The van der Waals surface area contributed by atoms with Gasteiger partial charge in [0.15, 0.2) is 0 Å². The van der Waals surface area contributed by atoms with Crippen molar-refractivity contribution in [1.29, 1.82) is 0 Å². The molecule has 1 aliphatic carbocycles. The Bertz CT molecular complexity index is 526. The maximum absolute atomic E-state index is 9.87. The number of aliphatic hydroxyl groups excluding tert-OH is 1. The van der Waals surface area contributed by atoms with E-state index in [1.165, 1.54) is 16.7 Å². The Morgan fingerprint density at radius 1 is 1.00 bits per heavy atom. The third kappa shape index (κ3) is 1.74. The van der Waals surface area contributed by atoms with Crippen molar-refractivity contribution in [3.05, 3.63) is 21.2 Å². The number of hydrogen-bond acceptors (Lipinski definition) is 3. The molecular formula is C16H19BrO3. The molecule has 0 bridgehead atoms. The molecule has 4 heteroatoms. The first-order chi connectivity index (χ1) is 9.77. The first-order valence-corrected chi connectivity index (χ1v) is 8.30. The smallest absolute Gasteiger partial charge is 0.137 e. The maximum Gasteiger partial charge on any atom is 0.137 e. The number of hydrogen-bond donors (Lipinski definition) is 1. The Kier molecular flexibility index (Phi) is 3.00. The number of rotatable bonds is 2. The van der Waals surface area contributed by atoms with Crippen LogP contribution in [0.15, 0.2) is 4.47 Å². The molecule has 108 valence electrons. The molecule has 4 rings (SSSR count). The first-order valence-electron chi connectivity index (χ1n) is 7.51. The molecule has 3 nitrogen and oxygen atoms in total. The van der Waals surface area contributed by atoms with Gasteiger partial charge in [0.05, 0.1) is 24.3 Å². The molecule has 0 aromatic heterocycles. The molecule has 20 heavy (non-hydrogen) atoms. The molecule has 2 aliphatic heterocycles. The number of fused-ring (bicyclic) bond motifs is 2. The third-order valence-corrected chi connectivity index (χ3v) is 5.70. The molecule has 1 fully saturated rings. The van der Waals surface area contributed by atoms with E-state index in [2.05, 4.69) is 15.9 Å². The van der Waals surface area contributed by atoms with Crippen molar-refractivity contribution in [3.63, 3.8) is 0 Å². The summed E-state index contributed by atoms with van der Waals surface area (Å²) in [7, 11) is 0. The lowest BCUT2D eigenvalue weighted by atomic mass is 9.84. The van der Waals surface area contributed by atoms with Crippen LogP contribution < -0.4 is 9.47 Å². The van der Waals surface area contributed by atoms with Gasteiger partial charge in [0, 0.05) is 22.1 Å². The fourth-order valence-electron chi connectivity index (χ4n) is 3.59. The van der Waals surface area contributed by atoms with Crippen LogP contribution in [0.25, 0.3) is 0 Å². The van der Waals surface area contributed by atoms with Crippen LogP contribution in [0.5, 0.6) is 11.5 Å². The van der Waals surface area contributed by atoms with Crippen LogP contribution in [0.4, 0.5) is 0 Å². The van der Waals surface area contributed by atoms with Crippen LogP contribution in [-0.4, -0.2) is 24.9 Å². The van der Waals surface area contributed by atoms with Gasteiger partial charge < -0.3 is 14.6 Å². The molecule has 0 saturated heterocycles. The summed E-state index contributed by atoms with van der Waals surface area (Å²) in [6.07, 6.45) is 6.28. The fourth-order valence-corrected chi connectivity index (χ4v) is 4.32. The maximum atomic E-state index is 9.87. The highest BCUT2D eigenvalue weighted by molar-refractivity contribution is 9.10. The molecule has 0 atom stereocenters. The Morgan fingerprint density at radius 3 is 2.30 bits per heavy atom. The lowest BCUT2D eigenvalue weighted by Gasteiger charge is -2.32. The van der Waals surface area contributed by atoms with Crippen LogP contribution >= 0.6 is 15.9 Å². The van der Waals surface area contributed by atoms with Gasteiger partial charge in [-0.15, -0.1) is 0 Å². The van der Waals surface area contributed by atoms with Crippen LogP contribution in [-0.2, 0) is 18.3 Å². The van der Waals surface area contributed by atoms with Crippen LogP contribution in [0.2, 0.25) is 0 Å². The third-order valence-electron chi connectivity index (χ3n) is 4.86. The van der Waals surface area contributed by atoms with E-state index in [1.807, 2.05) is 0 Å². The molecule has 0 amide bonds. The summed E-state index contributed by atoms with van der Waals surface area (Å²) < 4.78 is 13.1. The quantitative estimate of drug-likeness (QED) is 0.900. The zero-order valence-electron chi connectivity index (χ0n) is 11.5. The molecule has 0 spiro atoms. The zero-order valence-corrected chi connectivity index (χ0v) is 13.1. The summed E-state index contributed by atoms with van der Waals surface area (Å²) in [5.41, 5.74) is 3.71. The highest BCUT2D eigenvalue weighted by Crippen LogP contribution is 2.57. The van der Waals surface area contributed by atoms with Crippen molar-refractivity contribution in [1.82, 2.24) is 0 Å². The van der Waals surface area contributed by atoms with E-state index in [0.29, 0.717) is 0 Å². The second-order valence-electron chi connectivity index (χ2n) is 6.15. The van der Waals surface area contributed by atoms with E-state index in [9.17, 15) is 5.11 Å². The summed E-state index contributed by atoms with van der Waals surface area (Å²) in [6.45, 7) is 1.79. The van der Waals surface area contributed by atoms with Gasteiger partial charge in [-0.2, -0.15) is 0 Å². The monoisotopic (exact) mass is 338 g/mol. The van der Waals surface area contributed by atoms with E-state index in [-0.39, 0.29) is 12.0 Å². The van der Waals surface area contributed by atoms with E-state index >= 15 is 0 Å². The van der Waals surface area contributed by atoms with Gasteiger partial charge in [0.25, 0.3) is 0 Å². The first kappa shape index (κ1) is 13.0. The molecule has 0 unspecified atom stereocenters. The molecule has 1 aromatic rings. The van der Waals surface area contributed by atoms with Crippen molar-refractivity contribution < 1.29 is 14.6 Å². The molecule has 0 radical (unpaired) electrons. The molecular weight excluding hydrogens is 320 g/mol. The lowest BCUT2D eigenvalue weighted by molar-refractivity contribution is 0.235. The molecule has 1 aromatic carbocycles. The Balaban J connectivity index is 1.99. The van der Waals surface area contributed by atoms with Crippen LogP contribution in [0, 0.1) is 0 Å². The van der Waals surface area contributed by atoms with E-state index in [0.717, 1.165) is 67.7 Å². The van der Waals surface area contributed by atoms with Gasteiger partial charge in [-0.1, -0.05) is 0 Å². The standard InChI is InChI=1S/C16H19BrO3/c17-13-11-4-2-7-19-14(11)12(16(9-18)5-6-16)10-3-1-8-20-15(10)13/h18H,1-9H2. The van der Waals surface area contributed by atoms with E-state index < -0.39 is 0 Å². The molecule has 1 N–H and O–H groups in total. The van der Waals surface area contributed by atoms with Gasteiger partial charge in [0.2, 0.25) is 0 Å². The highest BCUT2D eigenvalue weighted by atomic mass is 79.9. The van der Waals surface area contributed by atoms with E-state index in [1.54, 1.807) is 0 Å². The second-order valence-corrected chi connectivity index (χ2v) is 6.94. The minimum atomic E-state index is -0.0626. The number of benzene rings is 1. The Labute approximate surface area is 127 Å². The second kappa shape index (κ2) is 4.63. The van der Waals surface area contributed by atoms with Crippen LogP contribution in [0.1, 0.15) is 42.4 Å². The van der Waals surface area contributed by atoms with Crippen molar-refractivity contribution in [2.75, 3.05) is 19.8 Å². The van der Waals surface area contributed by atoms with Gasteiger partial charge in [-0.3, -0.25) is 0 Å². The van der Waals surface area contributed by atoms with E-state index in [4.69, 9.17) is 9.47 Å². The van der Waals surface area contributed by atoms with Gasteiger partial charge in [0.1, 0.15) is 11.5 Å². The predicted molar refractivity (Wildman–Crippen MR) is 79.8 cm³/mol. The Hall–Kier alpha value is -0.740. The molecule has 1 saturated carbocycles. The van der Waals surface area contributed by atoms with Gasteiger partial charge >= 0.3 is 0 Å². The van der Waals surface area contributed by atoms with Crippen molar-refractivity contribution in [2.45, 2.75) is 43.9 Å². The van der Waals surface area contributed by atoms with Crippen molar-refractivity contribution in [2.24, 2.45) is 0 Å². The number of ether oxygens (including phenoxy) is 2.